The largest absolute Gasteiger partial charge is 0.351 e. The second-order valence-electron chi connectivity index (χ2n) is 6.49. The molecule has 3 N–H and O–H groups in total. The van der Waals surface area contributed by atoms with Crippen LogP contribution in [0.15, 0.2) is 0 Å². The van der Waals surface area contributed by atoms with Crippen molar-refractivity contribution in [3.05, 3.63) is 0 Å². The van der Waals surface area contributed by atoms with E-state index in [1.54, 1.807) is 0 Å². The summed E-state index contributed by atoms with van der Waals surface area (Å²) in [5, 5.41) is 2.98. The van der Waals surface area contributed by atoms with Gasteiger partial charge in [0, 0.05) is 25.2 Å². The molecule has 0 radical (unpaired) electrons. The van der Waals surface area contributed by atoms with Gasteiger partial charge < -0.3 is 20.5 Å². The lowest BCUT2D eigenvalue weighted by atomic mass is 9.61. The van der Waals surface area contributed by atoms with E-state index < -0.39 is 0 Å². The lowest BCUT2D eigenvalue weighted by molar-refractivity contribution is -0.146. The quantitative estimate of drug-likeness (QED) is 0.704. The molecule has 0 aromatic rings. The van der Waals surface area contributed by atoms with E-state index >= 15 is 0 Å². The van der Waals surface area contributed by atoms with Crippen LogP contribution in [0.2, 0.25) is 0 Å². The average molecular weight is 300 g/mol. The van der Waals surface area contributed by atoms with Crippen LogP contribution in [-0.4, -0.2) is 38.0 Å². The Hall–Kier alpha value is -0.650. The third-order valence-electron chi connectivity index (χ3n) is 4.97. The first kappa shape index (κ1) is 18.4. The summed E-state index contributed by atoms with van der Waals surface area (Å²) < 4.78 is 10.9. The molecule has 1 aliphatic rings. The molecule has 0 saturated heterocycles. The maximum Gasteiger partial charge on any atom is 0.223 e. The Morgan fingerprint density at radius 1 is 1.29 bits per heavy atom. The summed E-state index contributed by atoms with van der Waals surface area (Å²) in [5.74, 6) is 0.413. The molecule has 1 saturated carbocycles. The lowest BCUT2D eigenvalue weighted by Gasteiger charge is -2.46. The molecule has 1 rings (SSSR count). The first-order chi connectivity index (χ1) is 9.84. The minimum Gasteiger partial charge on any atom is -0.351 e. The summed E-state index contributed by atoms with van der Waals surface area (Å²) in [7, 11) is 0. The molecule has 5 nitrogen and oxygen atoms in total. The topological polar surface area (TPSA) is 73.6 Å². The summed E-state index contributed by atoms with van der Waals surface area (Å²) in [6.45, 7) is 11.8. The fraction of sp³-hybridized carbons (Fsp3) is 0.938. The van der Waals surface area contributed by atoms with Crippen LogP contribution in [0.4, 0.5) is 0 Å². The van der Waals surface area contributed by atoms with Gasteiger partial charge in [0.1, 0.15) is 0 Å². The number of hydrogen-bond donors (Lipinski definition) is 2. The van der Waals surface area contributed by atoms with E-state index in [1.165, 1.54) is 0 Å². The third kappa shape index (κ3) is 4.66. The first-order valence-electron chi connectivity index (χ1n) is 8.11. The molecule has 3 unspecified atom stereocenters. The molecule has 3 atom stereocenters. The van der Waals surface area contributed by atoms with Crippen molar-refractivity contribution in [2.75, 3.05) is 19.8 Å². The highest BCUT2D eigenvalue weighted by molar-refractivity contribution is 5.79. The molecule has 5 heteroatoms. The molecule has 0 spiro atoms. The Morgan fingerprint density at radius 3 is 2.38 bits per heavy atom. The highest BCUT2D eigenvalue weighted by atomic mass is 16.7. The van der Waals surface area contributed by atoms with E-state index in [1.807, 2.05) is 13.8 Å². The first-order valence-corrected chi connectivity index (χ1v) is 8.11. The molecule has 0 aliphatic heterocycles. The van der Waals surface area contributed by atoms with Crippen molar-refractivity contribution >= 4 is 5.91 Å². The van der Waals surface area contributed by atoms with E-state index in [2.05, 4.69) is 26.1 Å². The highest BCUT2D eigenvalue weighted by Gasteiger charge is 2.44. The zero-order valence-electron chi connectivity index (χ0n) is 14.1. The van der Waals surface area contributed by atoms with Crippen LogP contribution >= 0.6 is 0 Å². The monoisotopic (exact) mass is 300 g/mol. The maximum atomic E-state index is 12.5. The molecule has 1 amide bonds. The molecule has 21 heavy (non-hydrogen) atoms. The van der Waals surface area contributed by atoms with Crippen LogP contribution < -0.4 is 11.1 Å². The number of hydrogen-bond acceptors (Lipinski definition) is 4. The number of rotatable bonds is 7. The normalized spacial score (nSPS) is 28.6. The van der Waals surface area contributed by atoms with Crippen LogP contribution in [0.25, 0.3) is 0 Å². The Bertz CT molecular complexity index is 327. The highest BCUT2D eigenvalue weighted by Crippen LogP contribution is 2.44. The standard InChI is InChI=1S/C16H32N2O3/c1-6-20-14(21-7-2)10-18-15(19)12-8-9-13(17)11(3)16(12,4)5/h11-14H,6-10,17H2,1-5H3,(H,18,19). The van der Waals surface area contributed by atoms with E-state index in [-0.39, 0.29) is 29.6 Å². The second kappa shape index (κ2) is 8.11. The summed E-state index contributed by atoms with van der Waals surface area (Å²) in [6.07, 6.45) is 1.39. The lowest BCUT2D eigenvalue weighted by Crippen LogP contribution is -2.52. The van der Waals surface area contributed by atoms with Crippen LogP contribution in [0.3, 0.4) is 0 Å². The average Bonchev–Trinajstić information content (AvgIpc) is 2.42. The zero-order valence-corrected chi connectivity index (χ0v) is 14.1. The van der Waals surface area contributed by atoms with E-state index in [0.717, 1.165) is 12.8 Å². The van der Waals surface area contributed by atoms with Gasteiger partial charge in [0.2, 0.25) is 5.91 Å². The van der Waals surface area contributed by atoms with Crippen LogP contribution in [0.5, 0.6) is 0 Å². The molecular formula is C16H32N2O3. The van der Waals surface area contributed by atoms with Crippen molar-refractivity contribution < 1.29 is 14.3 Å². The number of ether oxygens (including phenoxy) is 2. The van der Waals surface area contributed by atoms with Gasteiger partial charge in [-0.25, -0.2) is 0 Å². The molecule has 1 fully saturated rings. The minimum atomic E-state index is -0.365. The smallest absolute Gasteiger partial charge is 0.223 e. The fourth-order valence-electron chi connectivity index (χ4n) is 3.16. The Labute approximate surface area is 128 Å². The number of nitrogens with two attached hydrogens (primary N) is 1. The van der Waals surface area contributed by atoms with Gasteiger partial charge in [-0.3, -0.25) is 4.79 Å². The predicted molar refractivity (Wildman–Crippen MR) is 83.7 cm³/mol. The summed E-state index contributed by atoms with van der Waals surface area (Å²) >= 11 is 0. The predicted octanol–water partition coefficient (Wildman–Crippen LogP) is 1.90. The van der Waals surface area contributed by atoms with Gasteiger partial charge in [-0.15, -0.1) is 0 Å². The zero-order chi connectivity index (χ0) is 16.0. The third-order valence-corrected chi connectivity index (χ3v) is 4.97. The molecule has 0 bridgehead atoms. The Morgan fingerprint density at radius 2 is 1.86 bits per heavy atom. The molecule has 124 valence electrons. The Kier molecular flexibility index (Phi) is 7.10. The van der Waals surface area contributed by atoms with Crippen LogP contribution in [0, 0.1) is 17.3 Å². The van der Waals surface area contributed by atoms with Gasteiger partial charge in [0.15, 0.2) is 6.29 Å². The van der Waals surface area contributed by atoms with Crippen molar-refractivity contribution in [2.45, 2.75) is 59.8 Å². The van der Waals surface area contributed by atoms with Crippen molar-refractivity contribution in [3.8, 4) is 0 Å². The number of nitrogens with one attached hydrogen (secondary N) is 1. The van der Waals surface area contributed by atoms with Gasteiger partial charge in [0.25, 0.3) is 0 Å². The number of carbonyl (C=O) groups is 1. The summed E-state index contributed by atoms with van der Waals surface area (Å²) in [5.41, 5.74) is 6.06. The fourth-order valence-corrected chi connectivity index (χ4v) is 3.16. The van der Waals surface area contributed by atoms with Crippen molar-refractivity contribution in [2.24, 2.45) is 23.0 Å². The maximum absolute atomic E-state index is 12.5. The minimum absolute atomic E-state index is 0.00352. The van der Waals surface area contributed by atoms with Crippen LogP contribution in [-0.2, 0) is 14.3 Å². The number of carbonyl (C=O) groups excluding carboxylic acids is 1. The molecule has 0 aromatic heterocycles. The van der Waals surface area contributed by atoms with E-state index in [0.29, 0.717) is 25.7 Å². The van der Waals surface area contributed by atoms with E-state index in [4.69, 9.17) is 15.2 Å². The summed E-state index contributed by atoms with van der Waals surface area (Å²) in [6, 6.07) is 0.184. The van der Waals surface area contributed by atoms with Gasteiger partial charge in [-0.1, -0.05) is 20.8 Å². The van der Waals surface area contributed by atoms with Gasteiger partial charge in [-0.2, -0.15) is 0 Å². The van der Waals surface area contributed by atoms with Gasteiger partial charge in [0.05, 0.1) is 6.54 Å². The van der Waals surface area contributed by atoms with Crippen molar-refractivity contribution in [3.63, 3.8) is 0 Å². The van der Waals surface area contributed by atoms with Crippen molar-refractivity contribution in [1.29, 1.82) is 0 Å². The molecule has 1 aliphatic carbocycles. The SMILES string of the molecule is CCOC(CNC(=O)C1CCC(N)C(C)C1(C)C)OCC. The van der Waals surface area contributed by atoms with E-state index in [9.17, 15) is 4.79 Å². The van der Waals surface area contributed by atoms with Crippen LogP contribution in [0.1, 0.15) is 47.5 Å². The van der Waals surface area contributed by atoms with Crippen molar-refractivity contribution in [1.82, 2.24) is 5.32 Å². The summed E-state index contributed by atoms with van der Waals surface area (Å²) in [4.78, 5) is 12.5. The molecule has 0 aromatic carbocycles. The number of amides is 1. The Balaban J connectivity index is 2.58. The molecular weight excluding hydrogens is 268 g/mol. The van der Waals surface area contributed by atoms with Gasteiger partial charge in [-0.05, 0) is 38.0 Å². The second-order valence-corrected chi connectivity index (χ2v) is 6.49. The van der Waals surface area contributed by atoms with Gasteiger partial charge >= 0.3 is 0 Å². The molecule has 0 heterocycles.